The van der Waals surface area contributed by atoms with Gasteiger partial charge in [-0.2, -0.15) is 0 Å². The fourth-order valence-electron chi connectivity index (χ4n) is 2.72. The number of hydrogen-bond donors (Lipinski definition) is 1. The summed E-state index contributed by atoms with van der Waals surface area (Å²) in [6.07, 6.45) is -0.456. The van der Waals surface area contributed by atoms with Gasteiger partial charge in [-0.3, -0.25) is 0 Å². The van der Waals surface area contributed by atoms with Crippen molar-refractivity contribution in [3.8, 4) is 11.5 Å². The van der Waals surface area contributed by atoms with Gasteiger partial charge in [-0.15, -0.1) is 0 Å². The van der Waals surface area contributed by atoms with Crippen LogP contribution < -0.4 is 14.1 Å². The van der Waals surface area contributed by atoms with E-state index in [0.717, 1.165) is 0 Å². The second-order valence-corrected chi connectivity index (χ2v) is 12.0. The number of hydrogen-bond acceptors (Lipinski definition) is 5. The van der Waals surface area contributed by atoms with Crippen molar-refractivity contribution in [1.82, 2.24) is 5.09 Å². The summed E-state index contributed by atoms with van der Waals surface area (Å²) in [6.45, 7) is 7.14. The van der Waals surface area contributed by atoms with Gasteiger partial charge in [0.05, 0.1) is 0 Å². The van der Waals surface area contributed by atoms with Gasteiger partial charge in [-0.1, -0.05) is 0 Å². The van der Waals surface area contributed by atoms with E-state index < -0.39 is 60.2 Å². The number of carbonyl (C=O) groups is 1. The van der Waals surface area contributed by atoms with Gasteiger partial charge in [0.25, 0.3) is 0 Å². The Morgan fingerprint density at radius 1 is 0.839 bits per heavy atom. The van der Waals surface area contributed by atoms with Crippen LogP contribution in [0.2, 0.25) is 0 Å². The summed E-state index contributed by atoms with van der Waals surface area (Å²) < 4.78 is 85.8. The fourth-order valence-corrected chi connectivity index (χ4v) is 5.49. The number of carbonyl (C=O) groups excluding carboxylic acids is 1. The van der Waals surface area contributed by atoms with E-state index in [-0.39, 0.29) is 5.75 Å². The number of nitrogens with one attached hydrogen (secondary N) is 1. The minimum atomic E-state index is -4.52. The molecule has 0 unspecified atom stereocenters. The van der Waals surface area contributed by atoms with Crippen LogP contribution in [0.4, 0.5) is 22.0 Å². The topological polar surface area (TPSA) is 56.8 Å². The Balaban J connectivity index is 2.54. The van der Waals surface area contributed by atoms with E-state index in [9.17, 15) is 26.7 Å². The van der Waals surface area contributed by atoms with E-state index >= 15 is 0 Å². The van der Waals surface area contributed by atoms with Crippen LogP contribution in [0.15, 0.2) is 30.3 Å². The first-order valence-electron chi connectivity index (χ1n) is 9.20. The zero-order chi connectivity index (χ0) is 23.6. The van der Waals surface area contributed by atoms with Gasteiger partial charge >= 0.3 is 176 Å². The molecule has 0 aliphatic rings. The second kappa shape index (κ2) is 8.96. The molecule has 2 rings (SSSR count). The van der Waals surface area contributed by atoms with Crippen LogP contribution in [-0.4, -0.2) is 31.4 Å². The van der Waals surface area contributed by atoms with Crippen molar-refractivity contribution < 1.29 is 40.5 Å². The number of para-hydroxylation sites is 1. The summed E-state index contributed by atoms with van der Waals surface area (Å²) in [6, 6.07) is 6.75. The van der Waals surface area contributed by atoms with Crippen molar-refractivity contribution >= 4 is 13.2 Å². The molecule has 0 aliphatic heterocycles. The molecule has 11 heteroatoms. The van der Waals surface area contributed by atoms with Crippen molar-refractivity contribution in [3.05, 3.63) is 59.4 Å². The van der Waals surface area contributed by atoms with Crippen molar-refractivity contribution in [2.75, 3.05) is 13.3 Å². The van der Waals surface area contributed by atoms with Crippen LogP contribution in [-0.2, 0) is 9.53 Å². The Hall–Kier alpha value is -2.45. The molecule has 1 N–H and O–H groups in total. The molecule has 0 spiro atoms. The van der Waals surface area contributed by atoms with Gasteiger partial charge in [0.1, 0.15) is 0 Å². The Morgan fingerprint density at radius 2 is 1.32 bits per heavy atom. The average Bonchev–Trinajstić information content (AvgIpc) is 2.68. The molecule has 0 saturated heterocycles. The number of esters is 1. The molecule has 0 bridgehead atoms. The normalized spacial score (nSPS) is 14.0. The van der Waals surface area contributed by atoms with E-state index in [1.54, 1.807) is 32.0 Å². The Bertz CT molecular complexity index is 943. The molecule has 0 aliphatic carbocycles. The predicted molar refractivity (Wildman–Crippen MR) is 107 cm³/mol. The molecule has 0 fully saturated rings. The third-order valence-corrected chi connectivity index (χ3v) is 6.47. The monoisotopic (exact) mass is 467 g/mol. The fraction of sp³-hybridized carbons (Fsp3) is 0.350. The summed E-state index contributed by atoms with van der Waals surface area (Å²) in [5.41, 5.74) is 0. The third-order valence-electron chi connectivity index (χ3n) is 3.90. The summed E-state index contributed by atoms with van der Waals surface area (Å²) >= 11 is 0. The summed E-state index contributed by atoms with van der Waals surface area (Å²) in [5.74, 6) is -13.1. The van der Waals surface area contributed by atoms with E-state index in [0.29, 0.717) is 0 Å². The molecule has 0 radical (unpaired) electrons. The molecule has 172 valence electrons. The van der Waals surface area contributed by atoms with Crippen LogP contribution in [0.25, 0.3) is 0 Å². The molecule has 0 amide bonds. The van der Waals surface area contributed by atoms with Gasteiger partial charge in [0.2, 0.25) is 0 Å². The first kappa shape index (κ1) is 24.8. The van der Waals surface area contributed by atoms with Crippen LogP contribution in [0.5, 0.6) is 11.5 Å². The molecular weight excluding hydrogens is 444 g/mol. The first-order chi connectivity index (χ1) is 14.2. The van der Waals surface area contributed by atoms with Crippen molar-refractivity contribution in [2.45, 2.75) is 32.9 Å². The first-order valence-corrected chi connectivity index (χ1v) is 12.2. The van der Waals surface area contributed by atoms with Gasteiger partial charge in [0.15, 0.2) is 0 Å². The molecule has 0 heterocycles. The zero-order valence-corrected chi connectivity index (χ0v) is 18.4. The van der Waals surface area contributed by atoms with E-state index in [2.05, 4.69) is 5.09 Å². The van der Waals surface area contributed by atoms with Gasteiger partial charge in [0, 0.05) is 0 Å². The third kappa shape index (κ3) is 5.83. The van der Waals surface area contributed by atoms with Crippen molar-refractivity contribution in [2.24, 2.45) is 0 Å². The van der Waals surface area contributed by atoms with E-state index in [1.807, 2.05) is 0 Å². The quantitative estimate of drug-likeness (QED) is 0.187. The SMILES string of the molecule is CC(C)OC(=O)[C@H](C)NP(C)(C)(Oc1ccccc1)Oc1c(F)c(F)c(F)c(F)c1F. The van der Waals surface area contributed by atoms with Crippen LogP contribution >= 0.6 is 7.21 Å². The number of ether oxygens (including phenoxy) is 1. The van der Waals surface area contributed by atoms with Gasteiger partial charge < -0.3 is 0 Å². The van der Waals surface area contributed by atoms with Gasteiger partial charge in [-0.25, -0.2) is 0 Å². The van der Waals surface area contributed by atoms with Crippen LogP contribution in [0.1, 0.15) is 20.8 Å². The van der Waals surface area contributed by atoms with Gasteiger partial charge in [-0.05, 0) is 0 Å². The molecule has 31 heavy (non-hydrogen) atoms. The standard InChI is InChI=1S/C20H23F5NO4P/c1-11(2)28-20(27)12(3)26-31(4,5,29-13-9-7-6-8-10-13)30-19-17(24)15(22)14(21)16(23)18(19)25/h6-12,26H,1-5H3/t12-/m0/s1. The number of rotatable bonds is 8. The average molecular weight is 467 g/mol. The molecule has 2 aromatic carbocycles. The zero-order valence-electron chi connectivity index (χ0n) is 17.5. The summed E-state index contributed by atoms with van der Waals surface area (Å²) in [4.78, 5) is 12.3. The molecular formula is C20H23F5NO4P. The second-order valence-electron chi connectivity index (χ2n) is 7.61. The van der Waals surface area contributed by atoms with Crippen molar-refractivity contribution in [3.63, 3.8) is 0 Å². The predicted octanol–water partition coefficient (Wildman–Crippen LogP) is 5.33. The Kier molecular flexibility index (Phi) is 7.17. The number of benzene rings is 2. The molecule has 0 saturated carbocycles. The van der Waals surface area contributed by atoms with Crippen molar-refractivity contribution in [1.29, 1.82) is 0 Å². The summed E-state index contributed by atoms with van der Waals surface area (Å²) in [7, 11) is -4.52. The van der Waals surface area contributed by atoms with Crippen LogP contribution in [0.3, 0.4) is 0 Å². The molecule has 5 nitrogen and oxygen atoms in total. The minimum absolute atomic E-state index is 0.172. The van der Waals surface area contributed by atoms with E-state index in [1.165, 1.54) is 32.4 Å². The Morgan fingerprint density at radius 3 is 1.81 bits per heavy atom. The molecule has 2 aromatic rings. The Labute approximate surface area is 176 Å². The summed E-state index contributed by atoms with van der Waals surface area (Å²) in [5, 5.41) is 2.72. The van der Waals surface area contributed by atoms with Crippen LogP contribution in [0, 0.1) is 29.1 Å². The van der Waals surface area contributed by atoms with E-state index in [4.69, 9.17) is 13.8 Å². The molecule has 0 aromatic heterocycles. The maximum atomic E-state index is 14.3. The molecule has 1 atom stereocenters. The maximum absolute atomic E-state index is 14.3. The number of halogens is 5.